The zero-order valence-electron chi connectivity index (χ0n) is 16.8. The van der Waals surface area contributed by atoms with Gasteiger partial charge in [-0.25, -0.2) is 8.42 Å². The largest absolute Gasteiger partial charge is 0.507 e. The van der Waals surface area contributed by atoms with Crippen LogP contribution in [-0.4, -0.2) is 29.7 Å². The Kier molecular flexibility index (Phi) is 5.79. The minimum absolute atomic E-state index is 0.131. The van der Waals surface area contributed by atoms with Gasteiger partial charge in [0, 0.05) is 22.6 Å². The number of benzene rings is 1. The second-order valence-corrected chi connectivity index (χ2v) is 12.6. The highest BCUT2D eigenvalue weighted by atomic mass is 32.3. The van der Waals surface area contributed by atoms with Crippen molar-refractivity contribution in [3.63, 3.8) is 0 Å². The number of sulfone groups is 1. The first-order valence-electron chi connectivity index (χ1n) is 8.94. The van der Waals surface area contributed by atoms with Crippen molar-refractivity contribution in [2.75, 3.05) is 11.5 Å². The summed E-state index contributed by atoms with van der Waals surface area (Å²) in [4.78, 5) is 0. The second kappa shape index (κ2) is 7.12. The average Bonchev–Trinajstić information content (AvgIpc) is 2.96. The fourth-order valence-corrected chi connectivity index (χ4v) is 5.72. The van der Waals surface area contributed by atoms with Crippen LogP contribution in [0.5, 0.6) is 5.75 Å². The van der Waals surface area contributed by atoms with E-state index in [0.717, 1.165) is 22.4 Å². The molecule has 1 aliphatic rings. The number of phenols is 1. The highest BCUT2D eigenvalue weighted by Gasteiger charge is 2.30. The maximum atomic E-state index is 12.1. The molecule has 0 amide bonds. The summed E-state index contributed by atoms with van der Waals surface area (Å²) in [6.45, 7) is 14.2. The zero-order chi connectivity index (χ0) is 19.9. The maximum absolute atomic E-state index is 12.1. The average molecular weight is 398 g/mol. The molecule has 1 aromatic rings. The van der Waals surface area contributed by atoms with Gasteiger partial charge in [0.05, 0.1) is 5.75 Å². The molecule has 4 nitrogen and oxygen atoms in total. The molecule has 1 heterocycles. The Morgan fingerprint density at radius 2 is 1.65 bits per heavy atom. The first-order chi connectivity index (χ1) is 11.8. The molecule has 0 aromatic heterocycles. The zero-order valence-corrected chi connectivity index (χ0v) is 18.4. The Bertz CT molecular complexity index is 777. The Balaban J connectivity index is 2.48. The molecule has 0 saturated carbocycles. The van der Waals surface area contributed by atoms with Gasteiger partial charge in [-0.05, 0) is 34.6 Å². The van der Waals surface area contributed by atoms with Crippen molar-refractivity contribution in [1.82, 2.24) is 5.32 Å². The van der Waals surface area contributed by atoms with Crippen molar-refractivity contribution < 1.29 is 13.5 Å². The van der Waals surface area contributed by atoms with Gasteiger partial charge >= 0.3 is 0 Å². The van der Waals surface area contributed by atoms with Gasteiger partial charge in [-0.2, -0.15) is 0 Å². The molecular formula is C20H31NO3S2. The smallest absolute Gasteiger partial charge is 0.180 e. The van der Waals surface area contributed by atoms with Gasteiger partial charge in [0.25, 0.3) is 0 Å². The van der Waals surface area contributed by atoms with E-state index in [9.17, 15) is 13.5 Å². The van der Waals surface area contributed by atoms with Crippen LogP contribution in [0, 0.1) is 0 Å². The molecule has 0 radical (unpaired) electrons. The predicted octanol–water partition coefficient (Wildman–Crippen LogP) is 4.38. The van der Waals surface area contributed by atoms with Crippen LogP contribution < -0.4 is 5.32 Å². The molecular weight excluding hydrogens is 366 g/mol. The maximum Gasteiger partial charge on any atom is 0.180 e. The molecule has 146 valence electrons. The van der Waals surface area contributed by atoms with Crippen molar-refractivity contribution in [3.05, 3.63) is 34.5 Å². The molecule has 2 rings (SSSR count). The summed E-state index contributed by atoms with van der Waals surface area (Å²) in [5, 5.41) is 13.9. The standard InChI is InChI=1S/C20H31NO3S2/c1-8-26(23,24)18-21-14(12-25-18)9-13-10-15(19(2,3)4)17(22)16(11-13)20(5,6)7/h9-11,18,21-22H,8,12H2,1-7H3/b14-9-. The molecule has 1 saturated heterocycles. The lowest BCUT2D eigenvalue weighted by molar-refractivity contribution is 0.423. The van der Waals surface area contributed by atoms with Crippen LogP contribution in [0.1, 0.15) is 65.2 Å². The second-order valence-electron chi connectivity index (χ2n) is 8.87. The molecule has 2 N–H and O–H groups in total. The fraction of sp³-hybridized carbons (Fsp3) is 0.600. The lowest BCUT2D eigenvalue weighted by Crippen LogP contribution is -2.29. The van der Waals surface area contributed by atoms with E-state index in [1.807, 2.05) is 18.2 Å². The summed E-state index contributed by atoms with van der Waals surface area (Å²) in [6.07, 6.45) is 2.00. The molecule has 0 aliphatic carbocycles. The van der Waals surface area contributed by atoms with Crippen LogP contribution in [0.15, 0.2) is 17.8 Å². The lowest BCUT2D eigenvalue weighted by atomic mass is 9.78. The fourth-order valence-electron chi connectivity index (χ4n) is 2.91. The molecule has 1 aliphatic heterocycles. The topological polar surface area (TPSA) is 66.4 Å². The van der Waals surface area contributed by atoms with Gasteiger partial charge in [0.2, 0.25) is 0 Å². The molecule has 26 heavy (non-hydrogen) atoms. The number of hydrogen-bond acceptors (Lipinski definition) is 5. The van der Waals surface area contributed by atoms with E-state index in [1.165, 1.54) is 11.8 Å². The molecule has 0 spiro atoms. The summed E-state index contributed by atoms with van der Waals surface area (Å²) < 4.78 is 23.6. The van der Waals surface area contributed by atoms with E-state index in [2.05, 4.69) is 46.9 Å². The van der Waals surface area contributed by atoms with E-state index < -0.39 is 14.5 Å². The minimum atomic E-state index is -3.12. The Labute approximate surface area is 162 Å². The summed E-state index contributed by atoms with van der Waals surface area (Å²) in [5.74, 6) is 1.12. The van der Waals surface area contributed by atoms with Gasteiger partial charge < -0.3 is 10.4 Å². The predicted molar refractivity (Wildman–Crippen MR) is 112 cm³/mol. The van der Waals surface area contributed by atoms with Crippen molar-refractivity contribution in [2.24, 2.45) is 0 Å². The first kappa shape index (κ1) is 21.2. The van der Waals surface area contributed by atoms with E-state index in [1.54, 1.807) is 6.92 Å². The van der Waals surface area contributed by atoms with Gasteiger partial charge in [-0.15, -0.1) is 11.8 Å². The highest BCUT2D eigenvalue weighted by molar-refractivity contribution is 8.13. The number of rotatable bonds is 3. The van der Waals surface area contributed by atoms with Crippen LogP contribution in [0.25, 0.3) is 6.08 Å². The Morgan fingerprint density at radius 1 is 1.15 bits per heavy atom. The molecule has 0 bridgehead atoms. The van der Waals surface area contributed by atoms with Crippen molar-refractivity contribution in [1.29, 1.82) is 0 Å². The van der Waals surface area contributed by atoms with Crippen LogP contribution >= 0.6 is 11.8 Å². The summed E-state index contributed by atoms with van der Waals surface area (Å²) in [6, 6.07) is 4.01. The van der Waals surface area contributed by atoms with Crippen molar-refractivity contribution in [2.45, 2.75) is 64.0 Å². The SMILES string of the molecule is CCS(=O)(=O)C1N/C(=C\c2cc(C(C)(C)C)c(O)c(C(C)(C)C)c2)CS1. The Morgan fingerprint density at radius 3 is 2.08 bits per heavy atom. The third-order valence-electron chi connectivity index (χ3n) is 4.51. The van der Waals surface area contributed by atoms with E-state index >= 15 is 0 Å². The highest BCUT2D eigenvalue weighted by Crippen LogP contribution is 2.40. The number of thioether (sulfide) groups is 1. The van der Waals surface area contributed by atoms with E-state index in [-0.39, 0.29) is 16.6 Å². The lowest BCUT2D eigenvalue weighted by Gasteiger charge is -2.28. The molecule has 1 unspecified atom stereocenters. The molecule has 6 heteroatoms. The van der Waals surface area contributed by atoms with Crippen LogP contribution in [0.2, 0.25) is 0 Å². The number of phenolic OH excluding ortho intramolecular Hbond substituents is 1. The van der Waals surface area contributed by atoms with Crippen LogP contribution in [0.4, 0.5) is 0 Å². The number of aromatic hydroxyl groups is 1. The van der Waals surface area contributed by atoms with Crippen LogP contribution in [0.3, 0.4) is 0 Å². The summed E-state index contributed by atoms with van der Waals surface area (Å²) >= 11 is 1.41. The third kappa shape index (κ3) is 4.58. The molecule has 1 atom stereocenters. The van der Waals surface area contributed by atoms with Crippen LogP contribution in [-0.2, 0) is 20.7 Å². The molecule has 1 aromatic carbocycles. The third-order valence-corrected chi connectivity index (χ3v) is 8.27. The van der Waals surface area contributed by atoms with Gasteiger partial charge in [0.1, 0.15) is 5.75 Å². The Hall–Kier alpha value is -1.14. The number of nitrogens with one attached hydrogen (secondary N) is 1. The molecule has 1 fully saturated rings. The number of hydrogen-bond donors (Lipinski definition) is 2. The van der Waals surface area contributed by atoms with Gasteiger partial charge in [-0.1, -0.05) is 48.5 Å². The van der Waals surface area contributed by atoms with Gasteiger partial charge in [-0.3, -0.25) is 0 Å². The summed E-state index contributed by atoms with van der Waals surface area (Å²) in [5.41, 5.74) is 3.31. The minimum Gasteiger partial charge on any atom is -0.507 e. The first-order valence-corrected chi connectivity index (χ1v) is 11.7. The monoisotopic (exact) mass is 397 g/mol. The van der Waals surface area contributed by atoms with E-state index in [4.69, 9.17) is 0 Å². The normalized spacial score (nSPS) is 20.4. The summed E-state index contributed by atoms with van der Waals surface area (Å²) in [7, 11) is -3.12. The quantitative estimate of drug-likeness (QED) is 0.792. The van der Waals surface area contributed by atoms with Crippen molar-refractivity contribution in [3.8, 4) is 5.75 Å². The van der Waals surface area contributed by atoms with Gasteiger partial charge in [0.15, 0.2) is 14.5 Å². The van der Waals surface area contributed by atoms with Crippen molar-refractivity contribution >= 4 is 27.7 Å². The van der Waals surface area contributed by atoms with E-state index in [0.29, 0.717) is 11.5 Å².